The highest BCUT2D eigenvalue weighted by Gasteiger charge is 2.23. The van der Waals surface area contributed by atoms with Gasteiger partial charge in [-0.15, -0.1) is 0 Å². The molecule has 5 heteroatoms. The fourth-order valence-electron chi connectivity index (χ4n) is 1.15. The van der Waals surface area contributed by atoms with E-state index in [-0.39, 0.29) is 0 Å². The first-order valence-electron chi connectivity index (χ1n) is 4.72. The lowest BCUT2D eigenvalue weighted by atomic mass is 10.1. The van der Waals surface area contributed by atoms with Crippen molar-refractivity contribution in [3.63, 3.8) is 0 Å². The van der Waals surface area contributed by atoms with Gasteiger partial charge in [0.15, 0.2) is 11.6 Å². The zero-order valence-electron chi connectivity index (χ0n) is 9.27. The summed E-state index contributed by atoms with van der Waals surface area (Å²) < 4.78 is 26.6. The van der Waals surface area contributed by atoms with Crippen LogP contribution in [0.5, 0.6) is 5.75 Å². The van der Waals surface area contributed by atoms with Crippen molar-refractivity contribution in [3.05, 3.63) is 29.3 Å². The van der Waals surface area contributed by atoms with E-state index in [9.17, 15) is 13.6 Å². The van der Waals surface area contributed by atoms with Crippen LogP contribution in [0.3, 0.4) is 0 Å². The van der Waals surface area contributed by atoms with E-state index >= 15 is 0 Å². The molecule has 88 valence electrons. The minimum absolute atomic E-state index is 0.610. The molecule has 0 aromatic heterocycles. The van der Waals surface area contributed by atoms with E-state index in [1.54, 1.807) is 20.8 Å². The molecular formula is C11H13F2NO2. The van der Waals surface area contributed by atoms with Gasteiger partial charge in [0.1, 0.15) is 11.4 Å². The average molecular weight is 229 g/mol. The Morgan fingerprint density at radius 3 is 2.38 bits per heavy atom. The van der Waals surface area contributed by atoms with Gasteiger partial charge in [0.05, 0.1) is 0 Å². The van der Waals surface area contributed by atoms with Gasteiger partial charge >= 0.3 is 0 Å². The third-order valence-corrected chi connectivity index (χ3v) is 1.79. The first kappa shape index (κ1) is 12.4. The second-order valence-electron chi connectivity index (χ2n) is 4.46. The Kier molecular flexibility index (Phi) is 3.16. The highest BCUT2D eigenvalue weighted by Crippen LogP contribution is 2.22. The molecule has 1 rings (SSSR count). The molecule has 1 amide bonds. The van der Waals surface area contributed by atoms with Gasteiger partial charge in [-0.2, -0.15) is 0 Å². The van der Waals surface area contributed by atoms with Crippen LogP contribution in [-0.4, -0.2) is 16.6 Å². The van der Waals surface area contributed by atoms with E-state index in [0.717, 1.165) is 12.1 Å². The fraction of sp³-hybridized carbons (Fsp3) is 0.364. The lowest BCUT2D eigenvalue weighted by molar-refractivity contribution is 0.0910. The predicted molar refractivity (Wildman–Crippen MR) is 55.2 cm³/mol. The number of aromatic hydroxyl groups is 1. The largest absolute Gasteiger partial charge is 0.505 e. The van der Waals surface area contributed by atoms with Gasteiger partial charge in [-0.3, -0.25) is 4.79 Å². The maximum atomic E-state index is 13.3. The Labute approximate surface area is 92.1 Å². The lowest BCUT2D eigenvalue weighted by Crippen LogP contribution is -2.41. The van der Waals surface area contributed by atoms with E-state index in [1.807, 2.05) is 0 Å². The standard InChI is InChI=1S/C11H13F2NO2/c1-11(2,3)14-10(16)8-6(12)4-5-7(15)9(8)13/h4-5,15H,1-3H3,(H,14,16). The maximum Gasteiger partial charge on any atom is 0.257 e. The summed E-state index contributed by atoms with van der Waals surface area (Å²) >= 11 is 0. The van der Waals surface area contributed by atoms with Crippen LogP contribution in [0.15, 0.2) is 12.1 Å². The van der Waals surface area contributed by atoms with Crippen molar-refractivity contribution in [2.24, 2.45) is 0 Å². The Hall–Kier alpha value is -1.65. The number of amides is 1. The molecule has 1 aromatic carbocycles. The molecule has 0 heterocycles. The predicted octanol–water partition coefficient (Wildman–Crippen LogP) is 2.20. The van der Waals surface area contributed by atoms with Crippen LogP contribution in [0.2, 0.25) is 0 Å². The van der Waals surface area contributed by atoms with Crippen molar-refractivity contribution in [2.75, 3.05) is 0 Å². The van der Waals surface area contributed by atoms with Crippen molar-refractivity contribution in [1.82, 2.24) is 5.32 Å². The van der Waals surface area contributed by atoms with Gasteiger partial charge < -0.3 is 10.4 Å². The molecule has 0 aliphatic heterocycles. The molecule has 0 fully saturated rings. The van der Waals surface area contributed by atoms with Gasteiger partial charge in [0.25, 0.3) is 5.91 Å². The summed E-state index contributed by atoms with van der Waals surface area (Å²) in [4.78, 5) is 11.6. The zero-order valence-corrected chi connectivity index (χ0v) is 9.27. The lowest BCUT2D eigenvalue weighted by Gasteiger charge is -2.20. The fourth-order valence-corrected chi connectivity index (χ4v) is 1.15. The van der Waals surface area contributed by atoms with E-state index in [1.165, 1.54) is 0 Å². The highest BCUT2D eigenvalue weighted by molar-refractivity contribution is 5.95. The topological polar surface area (TPSA) is 49.3 Å². The van der Waals surface area contributed by atoms with E-state index < -0.39 is 34.4 Å². The van der Waals surface area contributed by atoms with Crippen molar-refractivity contribution >= 4 is 5.91 Å². The van der Waals surface area contributed by atoms with Gasteiger partial charge in [0.2, 0.25) is 0 Å². The van der Waals surface area contributed by atoms with Crippen molar-refractivity contribution < 1.29 is 18.7 Å². The van der Waals surface area contributed by atoms with Crippen molar-refractivity contribution in [3.8, 4) is 5.75 Å². The number of hydrogen-bond donors (Lipinski definition) is 2. The summed E-state index contributed by atoms with van der Waals surface area (Å²) in [5, 5.41) is 11.5. The number of halogens is 2. The number of rotatable bonds is 1. The molecule has 0 aliphatic carbocycles. The molecule has 2 N–H and O–H groups in total. The smallest absolute Gasteiger partial charge is 0.257 e. The number of phenols is 1. The number of hydrogen-bond acceptors (Lipinski definition) is 2. The SMILES string of the molecule is CC(C)(C)NC(=O)c1c(F)ccc(O)c1F. The number of benzene rings is 1. The number of carbonyl (C=O) groups is 1. The minimum atomic E-state index is -1.25. The molecule has 0 atom stereocenters. The van der Waals surface area contributed by atoms with Crippen LogP contribution in [0.1, 0.15) is 31.1 Å². The van der Waals surface area contributed by atoms with Gasteiger partial charge in [0, 0.05) is 5.54 Å². The van der Waals surface area contributed by atoms with Crippen molar-refractivity contribution in [2.45, 2.75) is 26.3 Å². The minimum Gasteiger partial charge on any atom is -0.505 e. The first-order chi connectivity index (χ1) is 7.22. The molecule has 1 aromatic rings. The Morgan fingerprint density at radius 1 is 1.31 bits per heavy atom. The van der Waals surface area contributed by atoms with Crippen LogP contribution in [0.4, 0.5) is 8.78 Å². The maximum absolute atomic E-state index is 13.3. The van der Waals surface area contributed by atoms with Crippen LogP contribution in [-0.2, 0) is 0 Å². The highest BCUT2D eigenvalue weighted by atomic mass is 19.1. The molecule has 0 unspecified atom stereocenters. The molecule has 0 saturated heterocycles. The summed E-state index contributed by atoms with van der Waals surface area (Å²) in [5.41, 5.74) is -1.38. The summed E-state index contributed by atoms with van der Waals surface area (Å²) in [6.07, 6.45) is 0. The molecular weight excluding hydrogens is 216 g/mol. The number of phenolic OH excluding ortho intramolecular Hbond substituents is 1. The van der Waals surface area contributed by atoms with Crippen LogP contribution in [0.25, 0.3) is 0 Å². The second-order valence-corrected chi connectivity index (χ2v) is 4.46. The van der Waals surface area contributed by atoms with Crippen LogP contribution >= 0.6 is 0 Å². The van der Waals surface area contributed by atoms with E-state index in [2.05, 4.69) is 5.32 Å². The molecule has 0 radical (unpaired) electrons. The number of carbonyl (C=O) groups excluding carboxylic acids is 1. The Morgan fingerprint density at radius 2 is 1.88 bits per heavy atom. The summed E-state index contributed by atoms with van der Waals surface area (Å²) in [6.45, 7) is 5.05. The molecule has 0 bridgehead atoms. The first-order valence-corrected chi connectivity index (χ1v) is 4.72. The average Bonchev–Trinajstić information content (AvgIpc) is 2.09. The summed E-state index contributed by atoms with van der Waals surface area (Å²) in [7, 11) is 0. The molecule has 3 nitrogen and oxygen atoms in total. The third-order valence-electron chi connectivity index (χ3n) is 1.79. The Bertz CT molecular complexity index is 425. The zero-order chi connectivity index (χ0) is 12.5. The quantitative estimate of drug-likeness (QED) is 0.775. The van der Waals surface area contributed by atoms with E-state index in [4.69, 9.17) is 5.11 Å². The van der Waals surface area contributed by atoms with E-state index in [0.29, 0.717) is 0 Å². The summed E-state index contributed by atoms with van der Waals surface area (Å²) in [5.74, 6) is -3.89. The van der Waals surface area contributed by atoms with Crippen LogP contribution in [0, 0.1) is 11.6 Å². The summed E-state index contributed by atoms with van der Waals surface area (Å²) in [6, 6.07) is 1.70. The normalized spacial score (nSPS) is 11.3. The molecule has 0 aliphatic rings. The molecule has 0 saturated carbocycles. The second kappa shape index (κ2) is 4.08. The molecule has 0 spiro atoms. The monoisotopic (exact) mass is 229 g/mol. The third kappa shape index (κ3) is 2.68. The number of nitrogens with one attached hydrogen (secondary N) is 1. The van der Waals surface area contributed by atoms with Gasteiger partial charge in [-0.25, -0.2) is 8.78 Å². The van der Waals surface area contributed by atoms with Gasteiger partial charge in [-0.05, 0) is 32.9 Å². The molecule has 16 heavy (non-hydrogen) atoms. The van der Waals surface area contributed by atoms with Crippen molar-refractivity contribution in [1.29, 1.82) is 0 Å². The van der Waals surface area contributed by atoms with Gasteiger partial charge in [-0.1, -0.05) is 0 Å². The Balaban J connectivity index is 3.14. The van der Waals surface area contributed by atoms with Crippen LogP contribution < -0.4 is 5.32 Å².